The molecule has 1 heterocycles. The molecule has 3 rings (SSSR count). The number of rotatable bonds is 6. The van der Waals surface area contributed by atoms with E-state index in [-0.39, 0.29) is 29.8 Å². The summed E-state index contributed by atoms with van der Waals surface area (Å²) in [5.74, 6) is 1.53. The molecule has 1 aliphatic carbocycles. The Bertz CT molecular complexity index is 554. The highest BCUT2D eigenvalue weighted by Gasteiger charge is 2.49. The molecular formula is C18H24O4. The summed E-state index contributed by atoms with van der Waals surface area (Å²) < 4.78 is 11.5. The molecule has 0 amide bonds. The van der Waals surface area contributed by atoms with Crippen LogP contribution in [0, 0.1) is 5.92 Å². The van der Waals surface area contributed by atoms with Crippen molar-refractivity contribution >= 4 is 5.78 Å². The largest absolute Gasteiger partial charge is 0.489 e. The lowest BCUT2D eigenvalue weighted by Gasteiger charge is -2.19. The van der Waals surface area contributed by atoms with Crippen molar-refractivity contribution in [3.8, 4) is 5.75 Å². The second-order valence-corrected chi connectivity index (χ2v) is 6.50. The van der Waals surface area contributed by atoms with E-state index < -0.39 is 0 Å². The van der Waals surface area contributed by atoms with Crippen molar-refractivity contribution in [3.05, 3.63) is 29.3 Å². The van der Waals surface area contributed by atoms with Gasteiger partial charge in [0, 0.05) is 37.4 Å². The number of methoxy groups -OCH3 is 1. The topological polar surface area (TPSA) is 55.8 Å². The lowest BCUT2D eigenvalue weighted by molar-refractivity contribution is -0.117. The van der Waals surface area contributed by atoms with Crippen molar-refractivity contribution in [3.63, 3.8) is 0 Å². The third-order valence-corrected chi connectivity index (χ3v) is 4.92. The van der Waals surface area contributed by atoms with Crippen LogP contribution in [0.5, 0.6) is 5.75 Å². The van der Waals surface area contributed by atoms with Gasteiger partial charge in [-0.25, -0.2) is 0 Å². The van der Waals surface area contributed by atoms with E-state index in [1.165, 1.54) is 11.1 Å². The summed E-state index contributed by atoms with van der Waals surface area (Å²) in [4.78, 5) is 11.1. The number of carbonyl (C=O) groups excluding carboxylic acids is 1. The normalized spacial score (nSPS) is 29.0. The molecular weight excluding hydrogens is 280 g/mol. The predicted octanol–water partition coefficient (Wildman–Crippen LogP) is 2.47. The van der Waals surface area contributed by atoms with Crippen LogP contribution in [0.25, 0.3) is 0 Å². The van der Waals surface area contributed by atoms with E-state index in [2.05, 4.69) is 18.2 Å². The second kappa shape index (κ2) is 6.39. The SMILES string of the molecule is COC[C@@H]1[C@H]2c3cccc(CCCC(C)=O)c3O[C@H]2C[C@H]1O. The quantitative estimate of drug-likeness (QED) is 0.877. The average Bonchev–Trinajstić information content (AvgIpc) is 2.96. The van der Waals surface area contributed by atoms with Crippen LogP contribution in [0.2, 0.25) is 0 Å². The van der Waals surface area contributed by atoms with E-state index in [0.29, 0.717) is 19.4 Å². The van der Waals surface area contributed by atoms with Crippen molar-refractivity contribution in [2.75, 3.05) is 13.7 Å². The molecule has 0 unspecified atom stereocenters. The number of para-hydroxylation sites is 1. The minimum absolute atomic E-state index is 0.0547. The third-order valence-electron chi connectivity index (χ3n) is 4.92. The first kappa shape index (κ1) is 15.5. The summed E-state index contributed by atoms with van der Waals surface area (Å²) in [5.41, 5.74) is 2.38. The van der Waals surface area contributed by atoms with Crippen LogP contribution in [-0.2, 0) is 16.0 Å². The molecule has 1 aliphatic heterocycles. The number of aliphatic hydroxyl groups is 1. The monoisotopic (exact) mass is 304 g/mol. The highest BCUT2D eigenvalue weighted by Crippen LogP contribution is 2.51. The van der Waals surface area contributed by atoms with E-state index >= 15 is 0 Å². The first-order valence-electron chi connectivity index (χ1n) is 8.06. The van der Waals surface area contributed by atoms with Gasteiger partial charge in [0.2, 0.25) is 0 Å². The Morgan fingerprint density at radius 2 is 2.27 bits per heavy atom. The van der Waals surface area contributed by atoms with E-state index in [9.17, 15) is 9.90 Å². The number of Topliss-reactive ketones (excluding diaryl/α,β-unsaturated/α-hetero) is 1. The second-order valence-electron chi connectivity index (χ2n) is 6.50. The lowest BCUT2D eigenvalue weighted by Crippen LogP contribution is -2.23. The highest BCUT2D eigenvalue weighted by atomic mass is 16.5. The molecule has 1 aromatic carbocycles. The number of aliphatic hydroxyl groups excluding tert-OH is 1. The number of hydrogen-bond acceptors (Lipinski definition) is 4. The Balaban J connectivity index is 1.81. The molecule has 1 aromatic rings. The lowest BCUT2D eigenvalue weighted by atomic mass is 9.87. The molecule has 4 atom stereocenters. The van der Waals surface area contributed by atoms with Gasteiger partial charge in [0.15, 0.2) is 0 Å². The molecule has 0 bridgehead atoms. The molecule has 0 spiro atoms. The molecule has 0 saturated heterocycles. The first-order valence-corrected chi connectivity index (χ1v) is 8.06. The third kappa shape index (κ3) is 2.77. The van der Waals surface area contributed by atoms with Gasteiger partial charge in [0.1, 0.15) is 17.6 Å². The molecule has 1 saturated carbocycles. The summed E-state index contributed by atoms with van der Waals surface area (Å²) in [6.45, 7) is 2.19. The summed E-state index contributed by atoms with van der Waals surface area (Å²) in [6, 6.07) is 6.25. The van der Waals surface area contributed by atoms with Crippen LogP contribution in [0.3, 0.4) is 0 Å². The molecule has 4 heteroatoms. The maximum atomic E-state index is 11.1. The van der Waals surface area contributed by atoms with Crippen LogP contribution in [0.4, 0.5) is 0 Å². The van der Waals surface area contributed by atoms with Crippen molar-refractivity contribution in [2.24, 2.45) is 5.92 Å². The van der Waals surface area contributed by atoms with Crippen LogP contribution in [-0.4, -0.2) is 36.8 Å². The predicted molar refractivity (Wildman–Crippen MR) is 83.2 cm³/mol. The number of aryl methyl sites for hydroxylation is 1. The first-order chi connectivity index (χ1) is 10.6. The van der Waals surface area contributed by atoms with E-state index in [4.69, 9.17) is 9.47 Å². The number of carbonyl (C=O) groups is 1. The van der Waals surface area contributed by atoms with Crippen LogP contribution < -0.4 is 4.74 Å². The van der Waals surface area contributed by atoms with Gasteiger partial charge < -0.3 is 19.4 Å². The smallest absolute Gasteiger partial charge is 0.129 e. The average molecular weight is 304 g/mol. The molecule has 120 valence electrons. The van der Waals surface area contributed by atoms with Crippen molar-refractivity contribution in [1.82, 2.24) is 0 Å². The maximum absolute atomic E-state index is 11.1. The zero-order valence-corrected chi connectivity index (χ0v) is 13.2. The Kier molecular flexibility index (Phi) is 4.50. The van der Waals surface area contributed by atoms with Gasteiger partial charge in [-0.3, -0.25) is 0 Å². The molecule has 1 N–H and O–H groups in total. The number of ketones is 1. The fourth-order valence-corrected chi connectivity index (χ4v) is 3.92. The molecule has 0 radical (unpaired) electrons. The molecule has 2 aliphatic rings. The van der Waals surface area contributed by atoms with Gasteiger partial charge in [-0.15, -0.1) is 0 Å². The summed E-state index contributed by atoms with van der Waals surface area (Å²) in [5, 5.41) is 10.2. The van der Waals surface area contributed by atoms with Gasteiger partial charge in [-0.2, -0.15) is 0 Å². The molecule has 4 nitrogen and oxygen atoms in total. The number of fused-ring (bicyclic) bond motifs is 3. The zero-order valence-electron chi connectivity index (χ0n) is 13.2. The summed E-state index contributed by atoms with van der Waals surface area (Å²) in [7, 11) is 1.68. The Morgan fingerprint density at radius 3 is 3.00 bits per heavy atom. The maximum Gasteiger partial charge on any atom is 0.129 e. The van der Waals surface area contributed by atoms with Crippen LogP contribution in [0.1, 0.15) is 43.2 Å². The van der Waals surface area contributed by atoms with E-state index in [1.54, 1.807) is 14.0 Å². The highest BCUT2D eigenvalue weighted by molar-refractivity contribution is 5.75. The standard InChI is InChI=1S/C18H24O4/c1-11(19)5-3-6-12-7-4-8-13-17-14(10-21-2)15(20)9-16(17)22-18(12)13/h4,7-8,14-17,20H,3,5-6,9-10H2,1-2H3/t14-,15+,16-,17+/m0/s1. The summed E-state index contributed by atoms with van der Waals surface area (Å²) >= 11 is 0. The molecule has 1 fully saturated rings. The fraction of sp³-hybridized carbons (Fsp3) is 0.611. The van der Waals surface area contributed by atoms with Gasteiger partial charge in [0.05, 0.1) is 12.7 Å². The number of hydrogen-bond donors (Lipinski definition) is 1. The van der Waals surface area contributed by atoms with Crippen LogP contribution in [0.15, 0.2) is 18.2 Å². The molecule has 0 aromatic heterocycles. The van der Waals surface area contributed by atoms with Crippen molar-refractivity contribution in [2.45, 2.75) is 50.7 Å². The Hall–Kier alpha value is -1.39. The number of benzene rings is 1. The zero-order chi connectivity index (χ0) is 15.7. The Labute approximate surface area is 131 Å². The summed E-state index contributed by atoms with van der Waals surface area (Å²) in [6.07, 6.45) is 2.69. The van der Waals surface area contributed by atoms with Gasteiger partial charge in [-0.1, -0.05) is 18.2 Å². The van der Waals surface area contributed by atoms with Gasteiger partial charge in [-0.05, 0) is 25.3 Å². The van der Waals surface area contributed by atoms with E-state index in [0.717, 1.165) is 18.6 Å². The van der Waals surface area contributed by atoms with Gasteiger partial charge >= 0.3 is 0 Å². The fourth-order valence-electron chi connectivity index (χ4n) is 3.92. The number of ether oxygens (including phenoxy) is 2. The minimum atomic E-state index is -0.357. The van der Waals surface area contributed by atoms with Crippen molar-refractivity contribution in [1.29, 1.82) is 0 Å². The van der Waals surface area contributed by atoms with Crippen molar-refractivity contribution < 1.29 is 19.4 Å². The Morgan fingerprint density at radius 1 is 1.45 bits per heavy atom. The van der Waals surface area contributed by atoms with E-state index in [1.807, 2.05) is 0 Å². The molecule has 22 heavy (non-hydrogen) atoms. The van der Waals surface area contributed by atoms with Crippen LogP contribution >= 0.6 is 0 Å². The van der Waals surface area contributed by atoms with Gasteiger partial charge in [0.25, 0.3) is 0 Å². The minimum Gasteiger partial charge on any atom is -0.489 e.